The van der Waals surface area contributed by atoms with Gasteiger partial charge in [0.25, 0.3) is 5.91 Å². The van der Waals surface area contributed by atoms with Crippen LogP contribution in [0.4, 0.5) is 0 Å². The minimum Gasteiger partial charge on any atom is -0.496 e. The summed E-state index contributed by atoms with van der Waals surface area (Å²) in [6.07, 6.45) is 0.972. The molecule has 3 heterocycles. The second-order valence-corrected chi connectivity index (χ2v) is 10.7. The van der Waals surface area contributed by atoms with E-state index in [1.165, 1.54) is 21.6 Å². The number of para-hydroxylation sites is 1. The third kappa shape index (κ3) is 4.77. The quantitative estimate of drug-likeness (QED) is 0.518. The van der Waals surface area contributed by atoms with Crippen molar-refractivity contribution in [2.75, 3.05) is 39.8 Å². The Morgan fingerprint density at radius 3 is 2.56 bits per heavy atom. The van der Waals surface area contributed by atoms with Crippen LogP contribution in [0.15, 0.2) is 60.0 Å². The third-order valence-corrected chi connectivity index (χ3v) is 8.37. The van der Waals surface area contributed by atoms with Crippen molar-refractivity contribution in [2.24, 2.45) is 0 Å². The average molecular weight is 504 g/mol. The summed E-state index contributed by atoms with van der Waals surface area (Å²) in [7, 11) is 1.58. The molecule has 7 heteroatoms. The van der Waals surface area contributed by atoms with Gasteiger partial charge in [0, 0.05) is 37.1 Å². The second-order valence-electron chi connectivity index (χ2n) is 9.72. The predicted molar refractivity (Wildman–Crippen MR) is 143 cm³/mol. The molecule has 1 fully saturated rings. The number of amides is 2. The van der Waals surface area contributed by atoms with Crippen molar-refractivity contribution in [1.82, 2.24) is 14.7 Å². The SMILES string of the molecule is COc1ccccc1C(=O)N1CCN(C(=O)CN2CCc3sccc3[C@H]2c2ccc(C)cc2)C[C@H]1C. The monoisotopic (exact) mass is 503 g/mol. The molecule has 2 aliphatic heterocycles. The lowest BCUT2D eigenvalue weighted by Gasteiger charge is -2.42. The minimum atomic E-state index is -0.0714. The topological polar surface area (TPSA) is 53.1 Å². The summed E-state index contributed by atoms with van der Waals surface area (Å²) in [4.78, 5) is 34.3. The van der Waals surface area contributed by atoms with Crippen molar-refractivity contribution in [1.29, 1.82) is 0 Å². The molecule has 2 amide bonds. The van der Waals surface area contributed by atoms with Gasteiger partial charge in [0.1, 0.15) is 5.75 Å². The molecule has 2 aliphatic rings. The zero-order valence-corrected chi connectivity index (χ0v) is 22.0. The highest BCUT2D eigenvalue weighted by molar-refractivity contribution is 7.10. The minimum absolute atomic E-state index is 0.0486. The number of aryl methyl sites for hydroxylation is 1. The normalized spacial score (nSPS) is 20.2. The predicted octanol–water partition coefficient (Wildman–Crippen LogP) is 4.39. The number of ether oxygens (including phenoxy) is 1. The molecule has 2 atom stereocenters. The van der Waals surface area contributed by atoms with Crippen molar-refractivity contribution in [3.05, 3.63) is 87.1 Å². The zero-order chi connectivity index (χ0) is 25.2. The Morgan fingerprint density at radius 1 is 1.03 bits per heavy atom. The van der Waals surface area contributed by atoms with Crippen LogP contribution in [-0.2, 0) is 11.2 Å². The number of fused-ring (bicyclic) bond motifs is 1. The van der Waals surface area contributed by atoms with E-state index in [2.05, 4.69) is 47.5 Å². The number of benzene rings is 2. The fourth-order valence-corrected chi connectivity index (χ4v) is 6.32. The molecule has 0 unspecified atom stereocenters. The van der Waals surface area contributed by atoms with Gasteiger partial charge in [-0.05, 0) is 55.0 Å². The third-order valence-electron chi connectivity index (χ3n) is 7.38. The Bertz CT molecular complexity index is 1240. The smallest absolute Gasteiger partial charge is 0.257 e. The number of nitrogens with zero attached hydrogens (tertiary/aromatic N) is 3. The molecule has 0 bridgehead atoms. The molecule has 0 radical (unpaired) electrons. The Labute approximate surface area is 217 Å². The zero-order valence-electron chi connectivity index (χ0n) is 21.1. The van der Waals surface area contributed by atoms with Crippen LogP contribution in [0.1, 0.15) is 44.9 Å². The van der Waals surface area contributed by atoms with Crippen molar-refractivity contribution >= 4 is 23.2 Å². The first kappa shape index (κ1) is 24.5. The number of hydrogen-bond acceptors (Lipinski definition) is 5. The summed E-state index contributed by atoms with van der Waals surface area (Å²) in [6.45, 7) is 6.94. The summed E-state index contributed by atoms with van der Waals surface area (Å²) in [6, 6.07) is 18.2. The first-order valence-corrected chi connectivity index (χ1v) is 13.4. The molecular weight excluding hydrogens is 470 g/mol. The summed E-state index contributed by atoms with van der Waals surface area (Å²) in [5.41, 5.74) is 4.35. The maximum Gasteiger partial charge on any atom is 0.257 e. The number of carbonyl (C=O) groups is 2. The van der Waals surface area contributed by atoms with Gasteiger partial charge in [-0.3, -0.25) is 14.5 Å². The van der Waals surface area contributed by atoms with E-state index in [0.717, 1.165) is 13.0 Å². The van der Waals surface area contributed by atoms with Gasteiger partial charge in [0.2, 0.25) is 5.91 Å². The van der Waals surface area contributed by atoms with Gasteiger partial charge in [-0.1, -0.05) is 42.0 Å². The van der Waals surface area contributed by atoms with Gasteiger partial charge in [-0.15, -0.1) is 11.3 Å². The molecule has 1 aromatic heterocycles. The summed E-state index contributed by atoms with van der Waals surface area (Å²) in [5.74, 6) is 0.655. The molecule has 1 saturated heterocycles. The maximum atomic E-state index is 13.5. The Balaban J connectivity index is 1.28. The van der Waals surface area contributed by atoms with Gasteiger partial charge in [0.05, 0.1) is 25.3 Å². The van der Waals surface area contributed by atoms with E-state index < -0.39 is 0 Å². The van der Waals surface area contributed by atoms with E-state index in [1.54, 1.807) is 19.2 Å². The largest absolute Gasteiger partial charge is 0.496 e. The molecular formula is C29H33N3O3S. The lowest BCUT2D eigenvalue weighted by molar-refractivity contribution is -0.135. The van der Waals surface area contributed by atoms with Crippen molar-refractivity contribution in [2.45, 2.75) is 32.4 Å². The molecule has 5 rings (SSSR count). The number of methoxy groups -OCH3 is 1. The second kappa shape index (κ2) is 10.4. The van der Waals surface area contributed by atoms with E-state index in [4.69, 9.17) is 4.74 Å². The first-order valence-electron chi connectivity index (χ1n) is 12.5. The van der Waals surface area contributed by atoms with Gasteiger partial charge >= 0.3 is 0 Å². The van der Waals surface area contributed by atoms with E-state index in [1.807, 2.05) is 40.2 Å². The standard InChI is InChI=1S/C29H33N3O3S/c1-20-8-10-22(11-9-20)28-24-13-17-36-26(24)12-14-31(28)19-27(33)30-15-16-32(21(2)18-30)29(34)23-6-4-5-7-25(23)35-3/h4-11,13,17,21,28H,12,14-16,18-19H2,1-3H3/t21-,28-/m1/s1. The van der Waals surface area contributed by atoms with Crippen LogP contribution in [0, 0.1) is 6.92 Å². The summed E-state index contributed by atoms with van der Waals surface area (Å²) >= 11 is 1.81. The van der Waals surface area contributed by atoms with Gasteiger partial charge in [-0.2, -0.15) is 0 Å². The van der Waals surface area contributed by atoms with E-state index in [9.17, 15) is 9.59 Å². The van der Waals surface area contributed by atoms with Gasteiger partial charge in [-0.25, -0.2) is 0 Å². The van der Waals surface area contributed by atoms with Crippen LogP contribution >= 0.6 is 11.3 Å². The molecule has 6 nitrogen and oxygen atoms in total. The van der Waals surface area contributed by atoms with Crippen molar-refractivity contribution < 1.29 is 14.3 Å². The molecule has 0 spiro atoms. The van der Waals surface area contributed by atoms with Crippen molar-refractivity contribution in [3.63, 3.8) is 0 Å². The molecule has 2 aromatic carbocycles. The number of thiophene rings is 1. The molecule has 36 heavy (non-hydrogen) atoms. The molecule has 188 valence electrons. The van der Waals surface area contributed by atoms with Crippen LogP contribution in [0.3, 0.4) is 0 Å². The number of piperazine rings is 1. The summed E-state index contributed by atoms with van der Waals surface area (Å²) in [5, 5.41) is 2.16. The molecule has 0 N–H and O–H groups in total. The Kier molecular flexibility index (Phi) is 7.12. The highest BCUT2D eigenvalue weighted by atomic mass is 32.1. The number of rotatable bonds is 5. The molecule has 3 aromatic rings. The molecule has 0 saturated carbocycles. The lowest BCUT2D eigenvalue weighted by atomic mass is 9.92. The average Bonchev–Trinajstić information content (AvgIpc) is 3.37. The van der Waals surface area contributed by atoms with Crippen LogP contribution in [-0.4, -0.2) is 72.4 Å². The first-order chi connectivity index (χ1) is 17.5. The highest BCUT2D eigenvalue weighted by Gasteiger charge is 2.35. The van der Waals surface area contributed by atoms with E-state index >= 15 is 0 Å². The number of hydrogen-bond donors (Lipinski definition) is 0. The van der Waals surface area contributed by atoms with Crippen LogP contribution in [0.25, 0.3) is 0 Å². The Hall–Kier alpha value is -3.16. The van der Waals surface area contributed by atoms with Crippen LogP contribution in [0.5, 0.6) is 5.75 Å². The number of carbonyl (C=O) groups excluding carboxylic acids is 2. The lowest BCUT2D eigenvalue weighted by Crippen LogP contribution is -2.57. The van der Waals surface area contributed by atoms with E-state index in [-0.39, 0.29) is 23.9 Å². The Morgan fingerprint density at radius 2 is 1.81 bits per heavy atom. The fraction of sp³-hybridized carbons (Fsp3) is 0.379. The van der Waals surface area contributed by atoms with E-state index in [0.29, 0.717) is 37.5 Å². The summed E-state index contributed by atoms with van der Waals surface area (Å²) < 4.78 is 5.39. The van der Waals surface area contributed by atoms with Crippen LogP contribution in [0.2, 0.25) is 0 Å². The van der Waals surface area contributed by atoms with Gasteiger partial charge in [0.15, 0.2) is 0 Å². The van der Waals surface area contributed by atoms with Gasteiger partial charge < -0.3 is 14.5 Å². The van der Waals surface area contributed by atoms with Crippen molar-refractivity contribution in [3.8, 4) is 5.75 Å². The fourth-order valence-electron chi connectivity index (χ4n) is 5.41. The maximum absolute atomic E-state index is 13.5. The highest BCUT2D eigenvalue weighted by Crippen LogP contribution is 2.37. The van der Waals surface area contributed by atoms with Crippen LogP contribution < -0.4 is 4.74 Å². The molecule has 0 aliphatic carbocycles.